The van der Waals surface area contributed by atoms with Gasteiger partial charge in [-0.3, -0.25) is 9.69 Å². The summed E-state index contributed by atoms with van der Waals surface area (Å²) in [6.45, 7) is 6.90. The van der Waals surface area contributed by atoms with E-state index in [0.29, 0.717) is 6.04 Å². The zero-order valence-electron chi connectivity index (χ0n) is 17.5. The van der Waals surface area contributed by atoms with E-state index in [1.54, 1.807) is 11.3 Å². The minimum Gasteiger partial charge on any atom is -0.375 e. The quantitative estimate of drug-likeness (QED) is 0.751. The van der Waals surface area contributed by atoms with Crippen LogP contribution in [0.2, 0.25) is 0 Å². The third-order valence-electron chi connectivity index (χ3n) is 7.15. The largest absolute Gasteiger partial charge is 0.375 e. The van der Waals surface area contributed by atoms with Gasteiger partial charge in [0.15, 0.2) is 0 Å². The molecule has 160 valence electrons. The fraction of sp³-hybridized carbons (Fsp3) is 0.542. The van der Waals surface area contributed by atoms with E-state index in [4.69, 9.17) is 4.74 Å². The summed E-state index contributed by atoms with van der Waals surface area (Å²) in [5.41, 5.74) is 2.13. The van der Waals surface area contributed by atoms with E-state index in [-0.39, 0.29) is 11.5 Å². The Morgan fingerprint density at radius 2 is 1.77 bits per heavy atom. The molecule has 1 aromatic heterocycles. The first-order valence-electron chi connectivity index (χ1n) is 11.2. The molecule has 0 bridgehead atoms. The van der Waals surface area contributed by atoms with E-state index in [1.165, 1.54) is 5.69 Å². The Morgan fingerprint density at radius 1 is 1.00 bits per heavy atom. The third-order valence-corrected chi connectivity index (χ3v) is 7.83. The molecule has 0 saturated carbocycles. The molecule has 1 amide bonds. The number of benzene rings is 1. The van der Waals surface area contributed by atoms with Gasteiger partial charge in [0.1, 0.15) is 0 Å². The molecule has 1 aromatic carbocycles. The Bertz CT molecular complexity index is 825. The molecule has 1 atom stereocenters. The standard InChI is InChI=1S/C24H31N3O2S/c28-23(20-7-17-30-19-20)27-10-8-24(9-11-27)18-22(6-16-29-24)26-14-12-25(13-15-26)21-4-2-1-3-5-21/h1-5,7,17,19,22H,6,8-16,18H2. The van der Waals surface area contributed by atoms with Crippen LogP contribution in [-0.4, -0.2) is 73.2 Å². The second kappa shape index (κ2) is 8.69. The van der Waals surface area contributed by atoms with Crippen LogP contribution in [-0.2, 0) is 4.74 Å². The minimum absolute atomic E-state index is 0.0368. The maximum absolute atomic E-state index is 12.7. The highest BCUT2D eigenvalue weighted by atomic mass is 32.1. The zero-order chi connectivity index (χ0) is 20.4. The maximum atomic E-state index is 12.7. The normalized spacial score (nSPS) is 24.9. The highest BCUT2D eigenvalue weighted by Crippen LogP contribution is 2.37. The molecular weight excluding hydrogens is 394 g/mol. The summed E-state index contributed by atoms with van der Waals surface area (Å²) >= 11 is 1.59. The van der Waals surface area contributed by atoms with E-state index in [1.807, 2.05) is 21.7 Å². The molecule has 0 radical (unpaired) electrons. The lowest BCUT2D eigenvalue weighted by atomic mass is 9.81. The second-order valence-electron chi connectivity index (χ2n) is 8.84. The lowest BCUT2D eigenvalue weighted by Crippen LogP contribution is -2.57. The summed E-state index contributed by atoms with van der Waals surface area (Å²) < 4.78 is 6.36. The number of thiophene rings is 1. The van der Waals surface area contributed by atoms with Gasteiger partial charge in [-0.25, -0.2) is 0 Å². The van der Waals surface area contributed by atoms with Gasteiger partial charge in [-0.2, -0.15) is 11.3 Å². The van der Waals surface area contributed by atoms with Crippen molar-refractivity contribution in [3.8, 4) is 0 Å². The first-order valence-corrected chi connectivity index (χ1v) is 12.2. The molecule has 3 saturated heterocycles. The number of piperazine rings is 1. The Hall–Kier alpha value is -1.89. The summed E-state index contributed by atoms with van der Waals surface area (Å²) in [5, 5.41) is 3.93. The van der Waals surface area contributed by atoms with Crippen molar-refractivity contribution in [2.24, 2.45) is 0 Å². The van der Waals surface area contributed by atoms with Crippen LogP contribution in [0, 0.1) is 0 Å². The Labute approximate surface area is 183 Å². The number of hydrogen-bond acceptors (Lipinski definition) is 5. The average Bonchev–Trinajstić information content (AvgIpc) is 3.35. The van der Waals surface area contributed by atoms with Crippen molar-refractivity contribution < 1.29 is 9.53 Å². The molecule has 1 unspecified atom stereocenters. The summed E-state index contributed by atoms with van der Waals surface area (Å²) in [5.74, 6) is 0.176. The number of amides is 1. The van der Waals surface area contributed by atoms with E-state index >= 15 is 0 Å². The van der Waals surface area contributed by atoms with Crippen LogP contribution in [0.5, 0.6) is 0 Å². The number of carbonyl (C=O) groups excluding carboxylic acids is 1. The van der Waals surface area contributed by atoms with Crippen molar-refractivity contribution in [2.45, 2.75) is 37.3 Å². The third kappa shape index (κ3) is 4.13. The lowest BCUT2D eigenvalue weighted by Gasteiger charge is -2.49. The van der Waals surface area contributed by atoms with Gasteiger partial charge < -0.3 is 14.5 Å². The van der Waals surface area contributed by atoms with Gasteiger partial charge in [0.25, 0.3) is 5.91 Å². The molecule has 2 aromatic rings. The molecule has 1 spiro atoms. The number of para-hydroxylation sites is 1. The highest BCUT2D eigenvalue weighted by molar-refractivity contribution is 7.08. The van der Waals surface area contributed by atoms with Crippen LogP contribution in [0.1, 0.15) is 36.0 Å². The number of rotatable bonds is 3. The van der Waals surface area contributed by atoms with E-state index < -0.39 is 0 Å². The van der Waals surface area contributed by atoms with Crippen LogP contribution >= 0.6 is 11.3 Å². The fourth-order valence-electron chi connectivity index (χ4n) is 5.33. The van der Waals surface area contributed by atoms with E-state index in [0.717, 1.165) is 77.1 Å². The van der Waals surface area contributed by atoms with Crippen molar-refractivity contribution in [3.63, 3.8) is 0 Å². The van der Waals surface area contributed by atoms with Gasteiger partial charge in [-0.15, -0.1) is 0 Å². The summed E-state index contributed by atoms with van der Waals surface area (Å²) in [4.78, 5) is 19.9. The Kier molecular flexibility index (Phi) is 5.81. The van der Waals surface area contributed by atoms with Crippen LogP contribution in [0.15, 0.2) is 47.2 Å². The van der Waals surface area contributed by atoms with Crippen LogP contribution in [0.4, 0.5) is 5.69 Å². The Morgan fingerprint density at radius 3 is 2.47 bits per heavy atom. The van der Waals surface area contributed by atoms with Gasteiger partial charge in [0.2, 0.25) is 0 Å². The smallest absolute Gasteiger partial charge is 0.254 e. The first kappa shape index (κ1) is 20.0. The molecule has 5 nitrogen and oxygen atoms in total. The topological polar surface area (TPSA) is 36.0 Å². The molecule has 3 fully saturated rings. The van der Waals surface area contributed by atoms with Crippen LogP contribution < -0.4 is 4.90 Å². The van der Waals surface area contributed by atoms with Crippen molar-refractivity contribution in [3.05, 3.63) is 52.7 Å². The molecule has 6 heteroatoms. The molecule has 0 N–H and O–H groups in total. The summed E-state index contributed by atoms with van der Waals surface area (Å²) in [6, 6.07) is 13.3. The number of carbonyl (C=O) groups is 1. The molecule has 0 aliphatic carbocycles. The van der Waals surface area contributed by atoms with Crippen molar-refractivity contribution in [1.29, 1.82) is 0 Å². The summed E-state index contributed by atoms with van der Waals surface area (Å²) in [6.07, 6.45) is 4.16. The predicted octanol–water partition coefficient (Wildman–Crippen LogP) is 3.72. The zero-order valence-corrected chi connectivity index (χ0v) is 18.4. The van der Waals surface area contributed by atoms with Gasteiger partial charge >= 0.3 is 0 Å². The monoisotopic (exact) mass is 425 g/mol. The summed E-state index contributed by atoms with van der Waals surface area (Å²) in [7, 11) is 0. The maximum Gasteiger partial charge on any atom is 0.254 e. The number of likely N-dealkylation sites (tertiary alicyclic amines) is 1. The van der Waals surface area contributed by atoms with E-state index in [2.05, 4.69) is 40.1 Å². The molecule has 3 aliphatic heterocycles. The van der Waals surface area contributed by atoms with Gasteiger partial charge in [0, 0.05) is 63.0 Å². The van der Waals surface area contributed by atoms with Crippen LogP contribution in [0.25, 0.3) is 0 Å². The van der Waals surface area contributed by atoms with E-state index in [9.17, 15) is 4.79 Å². The predicted molar refractivity (Wildman–Crippen MR) is 121 cm³/mol. The molecule has 4 heterocycles. The van der Waals surface area contributed by atoms with Crippen molar-refractivity contribution in [1.82, 2.24) is 9.80 Å². The molecule has 5 rings (SSSR count). The average molecular weight is 426 g/mol. The molecular formula is C24H31N3O2S. The van der Waals surface area contributed by atoms with Crippen LogP contribution in [0.3, 0.4) is 0 Å². The number of anilines is 1. The van der Waals surface area contributed by atoms with Gasteiger partial charge in [-0.05, 0) is 49.3 Å². The second-order valence-corrected chi connectivity index (χ2v) is 9.62. The van der Waals surface area contributed by atoms with Crippen molar-refractivity contribution >= 4 is 22.9 Å². The van der Waals surface area contributed by atoms with Gasteiger partial charge in [-0.1, -0.05) is 18.2 Å². The number of ether oxygens (including phenoxy) is 1. The number of nitrogens with zero attached hydrogens (tertiary/aromatic N) is 3. The SMILES string of the molecule is O=C(c1ccsc1)N1CCC2(CC1)CC(N1CCN(c3ccccc3)CC1)CCO2. The molecule has 3 aliphatic rings. The number of hydrogen-bond donors (Lipinski definition) is 0. The minimum atomic E-state index is -0.0368. The fourth-order valence-corrected chi connectivity index (χ4v) is 5.96. The van der Waals surface area contributed by atoms with Crippen molar-refractivity contribution in [2.75, 3.05) is 50.8 Å². The Balaban J connectivity index is 1.15. The first-order chi connectivity index (χ1) is 14.7. The number of piperidine rings is 1. The highest BCUT2D eigenvalue weighted by Gasteiger charge is 2.43. The lowest BCUT2D eigenvalue weighted by molar-refractivity contribution is -0.130. The molecule has 30 heavy (non-hydrogen) atoms. The van der Waals surface area contributed by atoms with Gasteiger partial charge in [0.05, 0.1) is 11.2 Å².